The first-order valence-corrected chi connectivity index (χ1v) is 11.8. The van der Waals surface area contributed by atoms with Crippen LogP contribution in [0.5, 0.6) is 5.75 Å². The van der Waals surface area contributed by atoms with Gasteiger partial charge >= 0.3 is 0 Å². The summed E-state index contributed by atoms with van der Waals surface area (Å²) in [6.07, 6.45) is 1.34. The molecule has 1 saturated heterocycles. The van der Waals surface area contributed by atoms with E-state index in [1.807, 2.05) is 29.2 Å². The number of hydrogen-bond acceptors (Lipinski definition) is 6. The SMILES string of the molecule is CC(C)(C)CC(=O)N1CCC(Oc2ccc(-c3c(Cl)cc(Nc4n[nH]c(N)n4)cc3Cl)cc2)C1. The van der Waals surface area contributed by atoms with Crippen LogP contribution in [0.3, 0.4) is 0 Å². The van der Waals surface area contributed by atoms with E-state index in [-0.39, 0.29) is 23.4 Å². The quantitative estimate of drug-likeness (QED) is 0.409. The molecule has 0 bridgehead atoms. The third-order valence-electron chi connectivity index (χ3n) is 5.43. The van der Waals surface area contributed by atoms with Crippen molar-refractivity contribution in [1.82, 2.24) is 20.1 Å². The lowest BCUT2D eigenvalue weighted by molar-refractivity contribution is -0.132. The van der Waals surface area contributed by atoms with E-state index >= 15 is 0 Å². The fourth-order valence-corrected chi connectivity index (χ4v) is 4.59. The summed E-state index contributed by atoms with van der Waals surface area (Å²) in [7, 11) is 0. The van der Waals surface area contributed by atoms with Crippen LogP contribution in [-0.2, 0) is 4.79 Å². The molecule has 34 heavy (non-hydrogen) atoms. The van der Waals surface area contributed by atoms with E-state index in [9.17, 15) is 4.79 Å². The highest BCUT2D eigenvalue weighted by atomic mass is 35.5. The van der Waals surface area contributed by atoms with E-state index in [0.717, 1.165) is 29.8 Å². The lowest BCUT2D eigenvalue weighted by Gasteiger charge is -2.23. The predicted octanol–water partition coefficient (Wildman–Crippen LogP) is 5.52. The van der Waals surface area contributed by atoms with Gasteiger partial charge < -0.3 is 20.7 Å². The molecule has 4 N–H and O–H groups in total. The van der Waals surface area contributed by atoms with Crippen molar-refractivity contribution >= 4 is 46.7 Å². The van der Waals surface area contributed by atoms with Crippen LogP contribution in [0, 0.1) is 5.41 Å². The number of nitrogens with two attached hydrogens (primary N) is 1. The summed E-state index contributed by atoms with van der Waals surface area (Å²) in [5, 5.41) is 10.5. The van der Waals surface area contributed by atoms with E-state index in [1.54, 1.807) is 12.1 Å². The van der Waals surface area contributed by atoms with E-state index in [0.29, 0.717) is 34.6 Å². The van der Waals surface area contributed by atoms with Crippen molar-refractivity contribution in [3.8, 4) is 16.9 Å². The van der Waals surface area contributed by atoms with Crippen LogP contribution in [-0.4, -0.2) is 45.2 Å². The largest absolute Gasteiger partial charge is 0.489 e. The Kier molecular flexibility index (Phi) is 6.91. The maximum Gasteiger partial charge on any atom is 0.248 e. The number of likely N-dealkylation sites (tertiary alicyclic amines) is 1. The fraction of sp³-hybridized carbons (Fsp3) is 0.375. The highest BCUT2D eigenvalue weighted by molar-refractivity contribution is 6.39. The van der Waals surface area contributed by atoms with Gasteiger partial charge in [0.2, 0.25) is 17.8 Å². The molecule has 1 aliphatic rings. The standard InChI is InChI=1S/C24H28Cl2N6O2/c1-24(2,3)12-20(33)32-9-8-17(13-32)34-16-6-4-14(5-7-16)21-18(25)10-15(11-19(21)26)28-23-29-22(27)30-31-23/h4-7,10-11,17H,8-9,12-13H2,1-3H3,(H4,27,28,29,30,31). The molecule has 2 heterocycles. The van der Waals surface area contributed by atoms with Crippen LogP contribution >= 0.6 is 23.2 Å². The highest BCUT2D eigenvalue weighted by Gasteiger charge is 2.29. The second-order valence-electron chi connectivity index (χ2n) is 9.61. The Balaban J connectivity index is 1.40. The molecule has 8 nitrogen and oxygen atoms in total. The first-order chi connectivity index (χ1) is 16.1. The molecule has 1 aromatic heterocycles. The number of halogens is 2. The molecular formula is C24H28Cl2N6O2. The number of H-pyrrole nitrogens is 1. The van der Waals surface area contributed by atoms with E-state index < -0.39 is 0 Å². The Hall–Kier alpha value is -2.97. The summed E-state index contributed by atoms with van der Waals surface area (Å²) in [4.78, 5) is 18.4. The lowest BCUT2D eigenvalue weighted by atomic mass is 9.92. The summed E-state index contributed by atoms with van der Waals surface area (Å²) < 4.78 is 6.13. The lowest BCUT2D eigenvalue weighted by Crippen LogP contribution is -2.33. The van der Waals surface area contributed by atoms with Gasteiger partial charge in [-0.1, -0.05) is 56.1 Å². The molecule has 10 heteroatoms. The summed E-state index contributed by atoms with van der Waals surface area (Å²) in [5.41, 5.74) is 7.75. The Bertz CT molecular complexity index is 1150. The van der Waals surface area contributed by atoms with E-state index in [2.05, 4.69) is 41.3 Å². The summed E-state index contributed by atoms with van der Waals surface area (Å²) in [5.74, 6) is 1.46. The molecule has 2 aromatic carbocycles. The number of carbonyl (C=O) groups excluding carboxylic acids is 1. The Morgan fingerprint density at radius 1 is 1.24 bits per heavy atom. The van der Waals surface area contributed by atoms with Crippen LogP contribution in [0.15, 0.2) is 36.4 Å². The summed E-state index contributed by atoms with van der Waals surface area (Å²) in [6.45, 7) is 7.56. The van der Waals surface area contributed by atoms with Gasteiger partial charge in [0.1, 0.15) is 11.9 Å². The minimum absolute atomic E-state index is 0.0167. The molecule has 180 valence electrons. The topological polar surface area (TPSA) is 109 Å². The van der Waals surface area contributed by atoms with E-state index in [1.165, 1.54) is 0 Å². The molecule has 1 atom stereocenters. The smallest absolute Gasteiger partial charge is 0.248 e. The second kappa shape index (κ2) is 9.72. The van der Waals surface area contributed by atoms with Gasteiger partial charge in [0.25, 0.3) is 0 Å². The number of carbonyl (C=O) groups is 1. The van der Waals surface area contributed by atoms with Crippen LogP contribution in [0.2, 0.25) is 10.0 Å². The zero-order valence-electron chi connectivity index (χ0n) is 19.4. The van der Waals surface area contributed by atoms with Crippen molar-refractivity contribution in [3.63, 3.8) is 0 Å². The number of nitrogen functional groups attached to an aromatic ring is 1. The van der Waals surface area contributed by atoms with Gasteiger partial charge in [-0.2, -0.15) is 4.98 Å². The number of hydrogen-bond donors (Lipinski definition) is 3. The number of rotatable bonds is 6. The Morgan fingerprint density at radius 3 is 2.50 bits per heavy atom. The Labute approximate surface area is 208 Å². The number of nitrogens with zero attached hydrogens (tertiary/aromatic N) is 3. The maximum atomic E-state index is 12.5. The van der Waals surface area contributed by atoms with Crippen LogP contribution in [0.1, 0.15) is 33.6 Å². The molecule has 1 unspecified atom stereocenters. The molecule has 1 amide bonds. The van der Waals surface area contributed by atoms with Gasteiger partial charge in [0.05, 0.1) is 16.6 Å². The summed E-state index contributed by atoms with van der Waals surface area (Å²) >= 11 is 13.1. The van der Waals surface area contributed by atoms with Gasteiger partial charge in [-0.15, -0.1) is 5.10 Å². The Morgan fingerprint density at radius 2 is 1.91 bits per heavy atom. The normalized spacial score (nSPS) is 16.0. The van der Waals surface area contributed by atoms with Crippen molar-refractivity contribution in [2.24, 2.45) is 5.41 Å². The predicted molar refractivity (Wildman–Crippen MR) is 136 cm³/mol. The average Bonchev–Trinajstić information content (AvgIpc) is 3.36. The molecule has 0 aliphatic carbocycles. The molecule has 1 aliphatic heterocycles. The zero-order chi connectivity index (χ0) is 24.5. The monoisotopic (exact) mass is 502 g/mol. The highest BCUT2D eigenvalue weighted by Crippen LogP contribution is 2.38. The van der Waals surface area contributed by atoms with Crippen molar-refractivity contribution in [2.45, 2.75) is 39.7 Å². The number of ether oxygens (including phenoxy) is 1. The molecule has 3 aromatic rings. The van der Waals surface area contributed by atoms with Gasteiger partial charge in [0.15, 0.2) is 0 Å². The first-order valence-electron chi connectivity index (χ1n) is 11.1. The van der Waals surface area contributed by atoms with Crippen molar-refractivity contribution < 1.29 is 9.53 Å². The van der Waals surface area contributed by atoms with Crippen molar-refractivity contribution in [2.75, 3.05) is 24.1 Å². The number of aromatic nitrogens is 3. The third-order valence-corrected chi connectivity index (χ3v) is 6.02. The molecule has 0 saturated carbocycles. The van der Waals surface area contributed by atoms with E-state index in [4.69, 9.17) is 33.7 Å². The first kappa shape index (κ1) is 24.2. The van der Waals surface area contributed by atoms with Gasteiger partial charge in [0, 0.05) is 30.6 Å². The van der Waals surface area contributed by atoms with Crippen molar-refractivity contribution in [3.05, 3.63) is 46.4 Å². The zero-order valence-corrected chi connectivity index (χ0v) is 20.9. The fourth-order valence-electron chi connectivity index (χ4n) is 3.89. The number of nitrogens with one attached hydrogen (secondary N) is 2. The number of benzene rings is 2. The summed E-state index contributed by atoms with van der Waals surface area (Å²) in [6, 6.07) is 11.1. The van der Waals surface area contributed by atoms with Gasteiger partial charge in [-0.25, -0.2) is 5.10 Å². The minimum atomic E-state index is -0.0213. The van der Waals surface area contributed by atoms with Crippen molar-refractivity contribution in [1.29, 1.82) is 0 Å². The van der Waals surface area contributed by atoms with Gasteiger partial charge in [-0.05, 0) is 35.2 Å². The molecule has 0 spiro atoms. The van der Waals surface area contributed by atoms with Crippen LogP contribution < -0.4 is 15.8 Å². The molecule has 1 fully saturated rings. The second-order valence-corrected chi connectivity index (χ2v) is 10.4. The maximum absolute atomic E-state index is 12.5. The van der Waals surface area contributed by atoms with Crippen LogP contribution in [0.25, 0.3) is 11.1 Å². The average molecular weight is 503 g/mol. The number of anilines is 3. The minimum Gasteiger partial charge on any atom is -0.489 e. The number of aromatic amines is 1. The van der Waals surface area contributed by atoms with Gasteiger partial charge in [-0.3, -0.25) is 4.79 Å². The van der Waals surface area contributed by atoms with Crippen LogP contribution in [0.4, 0.5) is 17.6 Å². The number of amides is 1. The molecule has 4 rings (SSSR count). The molecular weight excluding hydrogens is 475 g/mol. The third kappa shape index (κ3) is 5.93. The molecule has 0 radical (unpaired) electrons.